The lowest BCUT2D eigenvalue weighted by molar-refractivity contribution is -0.141. The molecule has 1 saturated carbocycles. The number of methoxy groups -OCH3 is 1. The van der Waals surface area contributed by atoms with Crippen molar-refractivity contribution < 1.29 is 19.1 Å². The smallest absolute Gasteiger partial charge is 0.264 e. The molecule has 0 bridgehead atoms. The Morgan fingerprint density at radius 3 is 2.20 bits per heavy atom. The van der Waals surface area contributed by atoms with E-state index in [9.17, 15) is 14.4 Å². The van der Waals surface area contributed by atoms with Gasteiger partial charge in [-0.1, -0.05) is 29.8 Å². The molecule has 1 aliphatic carbocycles. The number of aryl methyl sites for hydroxylation is 1. The van der Waals surface area contributed by atoms with Crippen molar-refractivity contribution in [2.24, 2.45) is 5.73 Å². The molecule has 2 fully saturated rings. The van der Waals surface area contributed by atoms with E-state index in [0.29, 0.717) is 24.4 Å². The van der Waals surface area contributed by atoms with Gasteiger partial charge < -0.3 is 25.6 Å². The predicted octanol–water partition coefficient (Wildman–Crippen LogP) is 2.24. The monoisotopic (exact) mass is 478 g/mol. The molecule has 3 amide bonds. The first kappa shape index (κ1) is 24.7. The lowest BCUT2D eigenvalue weighted by atomic mass is 9.92. The van der Waals surface area contributed by atoms with Crippen molar-refractivity contribution >= 4 is 17.7 Å². The fourth-order valence-electron chi connectivity index (χ4n) is 4.81. The Kier molecular flexibility index (Phi) is 7.70. The van der Waals surface area contributed by atoms with Gasteiger partial charge in [0.05, 0.1) is 13.5 Å². The molecule has 1 atom stereocenters. The van der Waals surface area contributed by atoms with Gasteiger partial charge in [0.1, 0.15) is 5.75 Å². The summed E-state index contributed by atoms with van der Waals surface area (Å²) in [6, 6.07) is 14.7. The average Bonchev–Trinajstić information content (AvgIpc) is 3.31. The minimum Gasteiger partial charge on any atom is -0.497 e. The standard InChI is InChI=1S/C27H34N4O4/c1-18-3-7-20(8-4-18)27(34)31-16-15-30(24(32)17-19-5-13-23(35-2)14-6-19)26(31)25(33)29-22-11-9-21(28)10-12-22/h3-8,13-14,21-22,26H,9-12,15-17,28H2,1-2H3,(H,29,33). The van der Waals surface area contributed by atoms with Crippen LogP contribution in [0.15, 0.2) is 48.5 Å². The number of benzene rings is 2. The number of nitrogens with zero attached hydrogens (tertiary/aromatic N) is 2. The summed E-state index contributed by atoms with van der Waals surface area (Å²) < 4.78 is 5.19. The highest BCUT2D eigenvalue weighted by Crippen LogP contribution is 2.23. The number of nitrogens with two attached hydrogens (primary N) is 1. The molecule has 4 rings (SSSR count). The fourth-order valence-corrected chi connectivity index (χ4v) is 4.81. The van der Waals surface area contributed by atoms with Gasteiger partial charge in [0.15, 0.2) is 6.17 Å². The van der Waals surface area contributed by atoms with Gasteiger partial charge in [-0.15, -0.1) is 0 Å². The first-order valence-electron chi connectivity index (χ1n) is 12.2. The zero-order valence-electron chi connectivity index (χ0n) is 20.4. The lowest BCUT2D eigenvalue weighted by Crippen LogP contribution is -2.56. The number of amides is 3. The van der Waals surface area contributed by atoms with Crippen LogP contribution >= 0.6 is 0 Å². The van der Waals surface area contributed by atoms with Gasteiger partial charge in [-0.05, 0) is 62.4 Å². The number of hydrogen-bond donors (Lipinski definition) is 2. The van der Waals surface area contributed by atoms with Crippen molar-refractivity contribution in [1.82, 2.24) is 15.1 Å². The van der Waals surface area contributed by atoms with Crippen LogP contribution in [0.25, 0.3) is 0 Å². The van der Waals surface area contributed by atoms with E-state index in [1.54, 1.807) is 31.4 Å². The van der Waals surface area contributed by atoms with E-state index in [1.807, 2.05) is 31.2 Å². The Hall–Kier alpha value is -3.39. The molecule has 0 spiro atoms. The number of carbonyl (C=O) groups is 3. The molecule has 8 heteroatoms. The summed E-state index contributed by atoms with van der Waals surface area (Å²) in [6.45, 7) is 2.56. The van der Waals surface area contributed by atoms with Crippen molar-refractivity contribution in [2.75, 3.05) is 20.2 Å². The molecule has 0 radical (unpaired) electrons. The molecule has 1 aliphatic heterocycles. The van der Waals surface area contributed by atoms with Crippen LogP contribution in [0.5, 0.6) is 5.75 Å². The van der Waals surface area contributed by atoms with Gasteiger partial charge in [-0.2, -0.15) is 0 Å². The predicted molar refractivity (Wildman–Crippen MR) is 133 cm³/mol. The van der Waals surface area contributed by atoms with E-state index in [0.717, 1.165) is 36.8 Å². The molecule has 186 valence electrons. The van der Waals surface area contributed by atoms with E-state index < -0.39 is 6.17 Å². The van der Waals surface area contributed by atoms with Crippen molar-refractivity contribution in [3.63, 3.8) is 0 Å². The number of rotatable bonds is 6. The topological polar surface area (TPSA) is 105 Å². The number of ether oxygens (including phenoxy) is 1. The van der Waals surface area contributed by atoms with Crippen LogP contribution in [0.2, 0.25) is 0 Å². The van der Waals surface area contributed by atoms with Crippen molar-refractivity contribution in [3.05, 3.63) is 65.2 Å². The second kappa shape index (κ2) is 10.9. The Balaban J connectivity index is 1.54. The van der Waals surface area contributed by atoms with Crippen LogP contribution < -0.4 is 15.8 Å². The summed E-state index contributed by atoms with van der Waals surface area (Å²) in [5.74, 6) is -0.0519. The maximum atomic E-state index is 13.5. The van der Waals surface area contributed by atoms with Crippen molar-refractivity contribution in [1.29, 1.82) is 0 Å². The largest absolute Gasteiger partial charge is 0.497 e. The Morgan fingerprint density at radius 1 is 0.943 bits per heavy atom. The SMILES string of the molecule is COc1ccc(CC(=O)N2CCN(C(=O)c3ccc(C)cc3)C2C(=O)NC2CCC(N)CC2)cc1. The summed E-state index contributed by atoms with van der Waals surface area (Å²) >= 11 is 0. The normalized spacial score (nSPS) is 22.1. The van der Waals surface area contributed by atoms with Crippen LogP contribution in [0.1, 0.15) is 47.2 Å². The Morgan fingerprint density at radius 2 is 1.57 bits per heavy atom. The number of hydrogen-bond acceptors (Lipinski definition) is 5. The van der Waals surface area contributed by atoms with Gasteiger partial charge in [-0.25, -0.2) is 0 Å². The van der Waals surface area contributed by atoms with Crippen LogP contribution in [0.3, 0.4) is 0 Å². The molecule has 2 aromatic rings. The molecule has 35 heavy (non-hydrogen) atoms. The molecule has 1 heterocycles. The van der Waals surface area contributed by atoms with Crippen LogP contribution in [-0.2, 0) is 16.0 Å². The van der Waals surface area contributed by atoms with Crippen molar-refractivity contribution in [2.45, 2.75) is 57.3 Å². The number of nitrogens with one attached hydrogen (secondary N) is 1. The summed E-state index contributed by atoms with van der Waals surface area (Å²) in [7, 11) is 1.59. The third-order valence-electron chi connectivity index (χ3n) is 6.92. The summed E-state index contributed by atoms with van der Waals surface area (Å²) in [5, 5.41) is 3.09. The molecule has 1 unspecified atom stereocenters. The second-order valence-corrected chi connectivity index (χ2v) is 9.47. The van der Waals surface area contributed by atoms with Crippen LogP contribution in [-0.4, -0.2) is 66.0 Å². The molecular formula is C27H34N4O4. The zero-order chi connectivity index (χ0) is 24.9. The van der Waals surface area contributed by atoms with Crippen LogP contribution in [0, 0.1) is 6.92 Å². The Bertz CT molecular complexity index is 1050. The quantitative estimate of drug-likeness (QED) is 0.663. The summed E-state index contributed by atoms with van der Waals surface area (Å²) in [5.41, 5.74) is 8.38. The minimum absolute atomic E-state index is 0.00207. The minimum atomic E-state index is -0.981. The fraction of sp³-hybridized carbons (Fsp3) is 0.444. The Labute approximate surface area is 206 Å². The van der Waals surface area contributed by atoms with Crippen molar-refractivity contribution in [3.8, 4) is 5.75 Å². The zero-order valence-corrected chi connectivity index (χ0v) is 20.4. The lowest BCUT2D eigenvalue weighted by Gasteiger charge is -2.33. The maximum Gasteiger partial charge on any atom is 0.264 e. The molecule has 2 aliphatic rings. The maximum absolute atomic E-state index is 13.5. The van der Waals surface area contributed by atoms with Gasteiger partial charge >= 0.3 is 0 Å². The highest BCUT2D eigenvalue weighted by molar-refractivity contribution is 5.99. The molecule has 0 aromatic heterocycles. The molecule has 1 saturated heterocycles. The number of carbonyl (C=O) groups excluding carboxylic acids is 3. The van der Waals surface area contributed by atoms with E-state index in [2.05, 4.69) is 5.32 Å². The highest BCUT2D eigenvalue weighted by atomic mass is 16.5. The molecule has 8 nitrogen and oxygen atoms in total. The van der Waals surface area contributed by atoms with E-state index >= 15 is 0 Å². The molecular weight excluding hydrogens is 444 g/mol. The average molecular weight is 479 g/mol. The first-order chi connectivity index (χ1) is 16.9. The van der Waals surface area contributed by atoms with E-state index in [-0.39, 0.29) is 36.2 Å². The van der Waals surface area contributed by atoms with E-state index in [4.69, 9.17) is 10.5 Å². The first-order valence-corrected chi connectivity index (χ1v) is 12.2. The molecule has 3 N–H and O–H groups in total. The van der Waals surface area contributed by atoms with E-state index in [1.165, 1.54) is 9.80 Å². The summed E-state index contributed by atoms with van der Waals surface area (Å²) in [4.78, 5) is 43.3. The third kappa shape index (κ3) is 5.82. The van der Waals surface area contributed by atoms with Gasteiger partial charge in [0.2, 0.25) is 5.91 Å². The summed E-state index contributed by atoms with van der Waals surface area (Å²) in [6.07, 6.45) is 2.45. The molecule has 2 aromatic carbocycles. The van der Waals surface area contributed by atoms with Gasteiger partial charge in [0, 0.05) is 30.7 Å². The van der Waals surface area contributed by atoms with Gasteiger partial charge in [0.25, 0.3) is 11.8 Å². The third-order valence-corrected chi connectivity index (χ3v) is 6.92. The van der Waals surface area contributed by atoms with Crippen LogP contribution in [0.4, 0.5) is 0 Å². The highest BCUT2D eigenvalue weighted by Gasteiger charge is 2.43. The second-order valence-electron chi connectivity index (χ2n) is 9.47. The van der Waals surface area contributed by atoms with Gasteiger partial charge in [-0.3, -0.25) is 14.4 Å².